The average Bonchev–Trinajstić information content (AvgIpc) is 2.99. The molecule has 0 radical (unpaired) electrons. The van der Waals surface area contributed by atoms with Crippen molar-refractivity contribution in [1.82, 2.24) is 14.9 Å². The van der Waals surface area contributed by atoms with Gasteiger partial charge in [0.15, 0.2) is 0 Å². The van der Waals surface area contributed by atoms with Gasteiger partial charge >= 0.3 is 0 Å². The molecular formula is C21H25N3O2. The zero-order valence-electron chi connectivity index (χ0n) is 15.3. The second-order valence-electron chi connectivity index (χ2n) is 7.38. The number of benzene rings is 1. The predicted octanol–water partition coefficient (Wildman–Crippen LogP) is 2.61. The lowest BCUT2D eigenvalue weighted by Gasteiger charge is -2.24. The Morgan fingerprint density at radius 3 is 3.00 bits per heavy atom. The minimum Gasteiger partial charge on any atom is -0.379 e. The van der Waals surface area contributed by atoms with E-state index in [9.17, 15) is 4.79 Å². The Kier molecular flexibility index (Phi) is 4.98. The molecule has 1 aromatic carbocycles. The summed E-state index contributed by atoms with van der Waals surface area (Å²) in [6.07, 6.45) is 5.84. The number of hydrogen-bond donors (Lipinski definition) is 0. The van der Waals surface area contributed by atoms with E-state index in [0.717, 1.165) is 36.2 Å². The van der Waals surface area contributed by atoms with E-state index in [4.69, 9.17) is 4.74 Å². The smallest absolute Gasteiger partial charge is 0.253 e. The van der Waals surface area contributed by atoms with Crippen molar-refractivity contribution in [3.05, 3.63) is 58.7 Å². The van der Waals surface area contributed by atoms with Crippen LogP contribution in [0.15, 0.2) is 30.6 Å². The molecule has 136 valence electrons. The molecule has 2 heterocycles. The molecule has 26 heavy (non-hydrogen) atoms. The van der Waals surface area contributed by atoms with Crippen LogP contribution in [0.5, 0.6) is 0 Å². The Balaban J connectivity index is 1.47. The molecule has 1 amide bonds. The van der Waals surface area contributed by atoms with E-state index in [2.05, 4.69) is 22.1 Å². The number of ether oxygens (including phenoxy) is 1. The van der Waals surface area contributed by atoms with Crippen molar-refractivity contribution in [2.75, 3.05) is 26.3 Å². The topological polar surface area (TPSA) is 55.3 Å². The summed E-state index contributed by atoms with van der Waals surface area (Å²) in [6, 6.07) is 8.23. The van der Waals surface area contributed by atoms with Gasteiger partial charge in [0, 0.05) is 36.0 Å². The second kappa shape index (κ2) is 7.54. The van der Waals surface area contributed by atoms with Crippen molar-refractivity contribution < 1.29 is 9.53 Å². The number of rotatable bonds is 3. The molecule has 0 saturated carbocycles. The molecule has 1 saturated heterocycles. The van der Waals surface area contributed by atoms with Gasteiger partial charge in [-0.25, -0.2) is 9.97 Å². The first-order chi connectivity index (χ1) is 12.7. The summed E-state index contributed by atoms with van der Waals surface area (Å²) < 4.78 is 5.76. The second-order valence-corrected chi connectivity index (χ2v) is 7.38. The maximum atomic E-state index is 13.0. The van der Waals surface area contributed by atoms with Crippen molar-refractivity contribution in [1.29, 1.82) is 0 Å². The van der Waals surface area contributed by atoms with E-state index in [-0.39, 0.29) is 11.8 Å². The van der Waals surface area contributed by atoms with Gasteiger partial charge in [-0.05, 0) is 61.9 Å². The van der Waals surface area contributed by atoms with Crippen molar-refractivity contribution >= 4 is 5.91 Å². The fraction of sp³-hybridized carbons (Fsp3) is 0.476. The molecule has 0 unspecified atom stereocenters. The number of carbonyl (C=O) groups is 1. The minimum absolute atomic E-state index is 0.120. The standard InChI is InChI=1S/C21H25N3O2/c1-15-9-20(23-14-22-15)10-16-12-24(7-8-26-13-16)21(25)19-6-5-17-3-2-4-18(17)11-19/h5-6,9,11,14,16H,2-4,7-8,10,12-13H2,1H3/t16-/m0/s1. The highest BCUT2D eigenvalue weighted by Crippen LogP contribution is 2.24. The van der Waals surface area contributed by atoms with E-state index >= 15 is 0 Å². The molecule has 1 aromatic heterocycles. The van der Waals surface area contributed by atoms with Crippen LogP contribution in [0.3, 0.4) is 0 Å². The van der Waals surface area contributed by atoms with Crippen LogP contribution in [0.25, 0.3) is 0 Å². The van der Waals surface area contributed by atoms with E-state index in [1.165, 1.54) is 17.5 Å². The van der Waals surface area contributed by atoms with Crippen LogP contribution in [-0.2, 0) is 24.0 Å². The maximum absolute atomic E-state index is 13.0. The predicted molar refractivity (Wildman–Crippen MR) is 99.2 cm³/mol. The Morgan fingerprint density at radius 2 is 2.12 bits per heavy atom. The molecule has 2 aliphatic rings. The maximum Gasteiger partial charge on any atom is 0.253 e. The summed E-state index contributed by atoms with van der Waals surface area (Å²) in [7, 11) is 0. The highest BCUT2D eigenvalue weighted by atomic mass is 16.5. The molecule has 2 aromatic rings. The van der Waals surface area contributed by atoms with Gasteiger partial charge in [-0.2, -0.15) is 0 Å². The summed E-state index contributed by atoms with van der Waals surface area (Å²) in [5, 5.41) is 0. The fourth-order valence-electron chi connectivity index (χ4n) is 3.99. The monoisotopic (exact) mass is 351 g/mol. The normalized spacial score (nSPS) is 19.9. The van der Waals surface area contributed by atoms with Crippen LogP contribution in [0.2, 0.25) is 0 Å². The molecule has 0 N–H and O–H groups in total. The zero-order valence-corrected chi connectivity index (χ0v) is 15.3. The van der Waals surface area contributed by atoms with E-state index < -0.39 is 0 Å². The molecule has 5 nitrogen and oxygen atoms in total. The molecule has 1 fully saturated rings. The first kappa shape index (κ1) is 17.2. The van der Waals surface area contributed by atoms with Gasteiger partial charge in [-0.15, -0.1) is 0 Å². The zero-order chi connectivity index (χ0) is 17.9. The van der Waals surface area contributed by atoms with Crippen LogP contribution in [0, 0.1) is 12.8 Å². The van der Waals surface area contributed by atoms with E-state index in [0.29, 0.717) is 26.3 Å². The van der Waals surface area contributed by atoms with Crippen LogP contribution in [-0.4, -0.2) is 47.1 Å². The quantitative estimate of drug-likeness (QED) is 0.853. The molecule has 1 aliphatic carbocycles. The lowest BCUT2D eigenvalue weighted by Crippen LogP contribution is -2.36. The van der Waals surface area contributed by atoms with Crippen LogP contribution in [0.4, 0.5) is 0 Å². The molecule has 5 heteroatoms. The fourth-order valence-corrected chi connectivity index (χ4v) is 3.99. The first-order valence-electron chi connectivity index (χ1n) is 9.45. The molecule has 1 aliphatic heterocycles. The molecule has 0 spiro atoms. The van der Waals surface area contributed by atoms with Crippen molar-refractivity contribution in [3.8, 4) is 0 Å². The highest BCUT2D eigenvalue weighted by molar-refractivity contribution is 5.94. The van der Waals surface area contributed by atoms with Gasteiger partial charge in [0.1, 0.15) is 6.33 Å². The molecule has 1 atom stereocenters. The van der Waals surface area contributed by atoms with Gasteiger partial charge in [0.2, 0.25) is 0 Å². The van der Waals surface area contributed by atoms with Crippen molar-refractivity contribution in [2.45, 2.75) is 32.6 Å². The van der Waals surface area contributed by atoms with Crippen molar-refractivity contribution in [3.63, 3.8) is 0 Å². The van der Waals surface area contributed by atoms with Crippen LogP contribution >= 0.6 is 0 Å². The van der Waals surface area contributed by atoms with Gasteiger partial charge < -0.3 is 9.64 Å². The Bertz CT molecular complexity index is 806. The average molecular weight is 351 g/mol. The number of hydrogen-bond acceptors (Lipinski definition) is 4. The number of fused-ring (bicyclic) bond motifs is 1. The van der Waals surface area contributed by atoms with Gasteiger partial charge in [-0.1, -0.05) is 6.07 Å². The summed E-state index contributed by atoms with van der Waals surface area (Å²) in [4.78, 5) is 23.5. The van der Waals surface area contributed by atoms with Gasteiger partial charge in [0.25, 0.3) is 5.91 Å². The molecule has 4 rings (SSSR count). The third kappa shape index (κ3) is 3.78. The molecular weight excluding hydrogens is 326 g/mol. The lowest BCUT2D eigenvalue weighted by atomic mass is 10.0. The van der Waals surface area contributed by atoms with Crippen molar-refractivity contribution in [2.24, 2.45) is 5.92 Å². The number of amides is 1. The first-order valence-corrected chi connectivity index (χ1v) is 9.45. The number of nitrogens with zero attached hydrogens (tertiary/aromatic N) is 3. The Hall–Kier alpha value is -2.27. The Morgan fingerprint density at radius 1 is 1.23 bits per heavy atom. The van der Waals surface area contributed by atoms with Gasteiger partial charge in [0.05, 0.1) is 13.2 Å². The minimum atomic E-state index is 0.120. The highest BCUT2D eigenvalue weighted by Gasteiger charge is 2.25. The van der Waals surface area contributed by atoms with Crippen LogP contribution < -0.4 is 0 Å². The number of carbonyl (C=O) groups excluding carboxylic acids is 1. The summed E-state index contributed by atoms with van der Waals surface area (Å²) in [5.41, 5.74) is 5.53. The summed E-state index contributed by atoms with van der Waals surface area (Å²) >= 11 is 0. The van der Waals surface area contributed by atoms with Crippen LogP contribution in [0.1, 0.15) is 39.3 Å². The lowest BCUT2D eigenvalue weighted by molar-refractivity contribution is 0.0737. The van der Waals surface area contributed by atoms with E-state index in [1.54, 1.807) is 6.33 Å². The number of aromatic nitrogens is 2. The summed E-state index contributed by atoms with van der Waals surface area (Å²) in [6.45, 7) is 4.58. The Labute approximate surface area is 154 Å². The largest absolute Gasteiger partial charge is 0.379 e. The molecule has 0 bridgehead atoms. The number of aryl methyl sites for hydroxylation is 3. The summed E-state index contributed by atoms with van der Waals surface area (Å²) in [5.74, 6) is 0.374. The third-order valence-electron chi connectivity index (χ3n) is 5.33. The van der Waals surface area contributed by atoms with E-state index in [1.807, 2.05) is 24.0 Å². The van der Waals surface area contributed by atoms with Gasteiger partial charge in [-0.3, -0.25) is 4.79 Å². The third-order valence-corrected chi connectivity index (χ3v) is 5.33. The SMILES string of the molecule is Cc1cc(C[C@@H]2COCCN(C(=O)c3ccc4c(c3)CCC4)C2)ncn1.